The van der Waals surface area contributed by atoms with Gasteiger partial charge in [-0.25, -0.2) is 0 Å². The average Bonchev–Trinajstić information content (AvgIpc) is 2.56. The van der Waals surface area contributed by atoms with Crippen LogP contribution in [0.4, 0.5) is 5.69 Å². The number of carbonyl (C=O) groups excluding carboxylic acids is 1. The van der Waals surface area contributed by atoms with Crippen molar-refractivity contribution in [2.24, 2.45) is 0 Å². The number of carbonyl (C=O) groups is 2. The number of aromatic hydroxyl groups is 1. The van der Waals surface area contributed by atoms with Crippen molar-refractivity contribution >= 4 is 45.1 Å². The minimum absolute atomic E-state index is 0.117. The minimum atomic E-state index is -0.988. The van der Waals surface area contributed by atoms with Crippen LogP contribution < -0.4 is 10.1 Å². The number of phenolic OH excluding ortho intramolecular Hbond substituents is 1. The van der Waals surface area contributed by atoms with Crippen LogP contribution in [-0.2, 0) is 16.0 Å². The summed E-state index contributed by atoms with van der Waals surface area (Å²) < 4.78 is 6.31. The smallest absolute Gasteiger partial charge is 0.307 e. The number of ether oxygens (including phenoxy) is 1. The SMILES string of the molecule is O=C(O)Cc1ccc(O)c(NC(=O)CCCOc2ccc(Cl)cc2Br)c1. The highest BCUT2D eigenvalue weighted by Gasteiger charge is 2.10. The maximum absolute atomic E-state index is 12.0. The molecule has 1 amide bonds. The summed E-state index contributed by atoms with van der Waals surface area (Å²) in [5.74, 6) is -0.771. The molecule has 0 heterocycles. The first-order valence-electron chi connectivity index (χ1n) is 7.76. The van der Waals surface area contributed by atoms with Crippen molar-refractivity contribution in [1.82, 2.24) is 0 Å². The summed E-state index contributed by atoms with van der Waals surface area (Å²) in [6.07, 6.45) is 0.469. The molecular weight excluding hydrogens is 426 g/mol. The van der Waals surface area contributed by atoms with Crippen LogP contribution >= 0.6 is 27.5 Å². The van der Waals surface area contributed by atoms with E-state index in [9.17, 15) is 14.7 Å². The van der Waals surface area contributed by atoms with Gasteiger partial charge in [0.25, 0.3) is 0 Å². The van der Waals surface area contributed by atoms with E-state index in [4.69, 9.17) is 21.4 Å². The number of hydrogen-bond acceptors (Lipinski definition) is 4. The topological polar surface area (TPSA) is 95.9 Å². The molecule has 6 nitrogen and oxygen atoms in total. The summed E-state index contributed by atoms with van der Waals surface area (Å²) in [5, 5.41) is 21.8. The van der Waals surface area contributed by atoms with Crippen molar-refractivity contribution in [3.8, 4) is 11.5 Å². The molecule has 0 saturated heterocycles. The summed E-state index contributed by atoms with van der Waals surface area (Å²) in [4.78, 5) is 22.7. The third-order valence-corrected chi connectivity index (χ3v) is 4.24. The fourth-order valence-electron chi connectivity index (χ4n) is 2.19. The molecule has 0 radical (unpaired) electrons. The number of nitrogens with one attached hydrogen (secondary N) is 1. The number of rotatable bonds is 8. The van der Waals surface area contributed by atoms with Crippen LogP contribution in [0.1, 0.15) is 18.4 Å². The van der Waals surface area contributed by atoms with E-state index in [0.29, 0.717) is 29.4 Å². The van der Waals surface area contributed by atoms with Gasteiger partial charge in [-0.15, -0.1) is 0 Å². The van der Waals surface area contributed by atoms with Crippen LogP contribution in [0.3, 0.4) is 0 Å². The number of benzene rings is 2. The quantitative estimate of drug-likeness (QED) is 0.420. The molecule has 0 fully saturated rings. The lowest BCUT2D eigenvalue weighted by atomic mass is 10.1. The van der Waals surface area contributed by atoms with Gasteiger partial charge in [0.05, 0.1) is 23.2 Å². The van der Waals surface area contributed by atoms with E-state index in [0.717, 1.165) is 4.47 Å². The number of aliphatic carboxylic acids is 1. The molecule has 2 aromatic carbocycles. The van der Waals surface area contributed by atoms with Crippen molar-refractivity contribution in [1.29, 1.82) is 0 Å². The predicted molar refractivity (Wildman–Crippen MR) is 102 cm³/mol. The first-order chi connectivity index (χ1) is 12.3. The molecule has 0 atom stereocenters. The van der Waals surface area contributed by atoms with E-state index in [2.05, 4.69) is 21.2 Å². The molecule has 0 saturated carbocycles. The highest BCUT2D eigenvalue weighted by molar-refractivity contribution is 9.10. The summed E-state index contributed by atoms with van der Waals surface area (Å²) in [6, 6.07) is 9.46. The van der Waals surface area contributed by atoms with Gasteiger partial charge in [0, 0.05) is 11.4 Å². The zero-order valence-corrected chi connectivity index (χ0v) is 16.0. The third-order valence-electron chi connectivity index (χ3n) is 3.39. The molecule has 0 aliphatic carbocycles. The molecular formula is C18H17BrClNO5. The number of anilines is 1. The number of hydrogen-bond donors (Lipinski definition) is 3. The Morgan fingerprint density at radius 2 is 1.96 bits per heavy atom. The normalized spacial score (nSPS) is 10.4. The van der Waals surface area contributed by atoms with Crippen LogP contribution in [0.25, 0.3) is 0 Å². The molecule has 8 heteroatoms. The fourth-order valence-corrected chi connectivity index (χ4v) is 2.98. The van der Waals surface area contributed by atoms with E-state index in [1.807, 2.05) is 0 Å². The largest absolute Gasteiger partial charge is 0.506 e. The Kier molecular flexibility index (Phi) is 7.29. The first-order valence-corrected chi connectivity index (χ1v) is 8.93. The minimum Gasteiger partial charge on any atom is -0.506 e. The van der Waals surface area contributed by atoms with Crippen molar-refractivity contribution in [2.75, 3.05) is 11.9 Å². The summed E-state index contributed by atoms with van der Waals surface area (Å²) in [6.45, 7) is 0.332. The second-order valence-electron chi connectivity index (χ2n) is 5.50. The zero-order valence-electron chi connectivity index (χ0n) is 13.7. The molecule has 0 spiro atoms. The predicted octanol–water partition coefficient (Wildman–Crippen LogP) is 4.23. The van der Waals surface area contributed by atoms with Gasteiger partial charge in [0.2, 0.25) is 5.91 Å². The van der Waals surface area contributed by atoms with Gasteiger partial charge in [-0.1, -0.05) is 17.7 Å². The number of halogens is 2. The molecule has 138 valence electrons. The van der Waals surface area contributed by atoms with Gasteiger partial charge in [-0.3, -0.25) is 9.59 Å². The van der Waals surface area contributed by atoms with Crippen LogP contribution in [-0.4, -0.2) is 28.7 Å². The van der Waals surface area contributed by atoms with E-state index in [1.54, 1.807) is 18.2 Å². The Morgan fingerprint density at radius 3 is 2.65 bits per heavy atom. The number of phenols is 1. The van der Waals surface area contributed by atoms with Gasteiger partial charge >= 0.3 is 5.97 Å². The molecule has 3 N–H and O–H groups in total. The zero-order chi connectivity index (χ0) is 19.1. The second kappa shape index (κ2) is 9.45. The highest BCUT2D eigenvalue weighted by atomic mass is 79.9. The van der Waals surface area contributed by atoms with E-state index < -0.39 is 5.97 Å². The molecule has 0 aromatic heterocycles. The van der Waals surface area contributed by atoms with Gasteiger partial charge in [0.1, 0.15) is 11.5 Å². The van der Waals surface area contributed by atoms with Gasteiger partial charge in [0.15, 0.2) is 0 Å². The lowest BCUT2D eigenvalue weighted by Gasteiger charge is -2.10. The molecule has 2 rings (SSSR count). The Morgan fingerprint density at radius 1 is 1.19 bits per heavy atom. The van der Waals surface area contributed by atoms with Crippen LogP contribution in [0, 0.1) is 0 Å². The lowest BCUT2D eigenvalue weighted by Crippen LogP contribution is -2.13. The second-order valence-corrected chi connectivity index (χ2v) is 6.79. The maximum atomic E-state index is 12.0. The van der Waals surface area contributed by atoms with Gasteiger partial charge in [-0.05, 0) is 58.2 Å². The van der Waals surface area contributed by atoms with E-state index >= 15 is 0 Å². The van der Waals surface area contributed by atoms with Crippen molar-refractivity contribution < 1.29 is 24.5 Å². The maximum Gasteiger partial charge on any atom is 0.307 e. The lowest BCUT2D eigenvalue weighted by molar-refractivity contribution is -0.136. The first kappa shape index (κ1) is 20.1. The van der Waals surface area contributed by atoms with E-state index in [-0.39, 0.29) is 30.2 Å². The van der Waals surface area contributed by atoms with Gasteiger partial charge in [-0.2, -0.15) is 0 Å². The molecule has 2 aromatic rings. The third kappa shape index (κ3) is 6.24. The van der Waals surface area contributed by atoms with Crippen molar-refractivity contribution in [2.45, 2.75) is 19.3 Å². The summed E-state index contributed by atoms with van der Waals surface area (Å²) >= 11 is 9.20. The number of amides is 1. The molecule has 0 aliphatic heterocycles. The number of carboxylic acids is 1. The number of carboxylic acid groups (broad SMARTS) is 1. The standard InChI is InChI=1S/C18H17BrClNO5/c19-13-10-12(20)4-6-16(13)26-7-1-2-17(23)21-14-8-11(9-18(24)25)3-5-15(14)22/h3-6,8,10,22H,1-2,7,9H2,(H,21,23)(H,24,25). The van der Waals surface area contributed by atoms with Crippen LogP contribution in [0.5, 0.6) is 11.5 Å². The molecule has 0 unspecified atom stereocenters. The van der Waals surface area contributed by atoms with Gasteiger partial charge < -0.3 is 20.3 Å². The Bertz CT molecular complexity index is 812. The molecule has 0 bridgehead atoms. The Labute approximate surface area is 163 Å². The summed E-state index contributed by atoms with van der Waals surface area (Å²) in [5.41, 5.74) is 0.677. The Balaban J connectivity index is 1.82. The molecule has 0 aliphatic rings. The van der Waals surface area contributed by atoms with Crippen molar-refractivity contribution in [3.63, 3.8) is 0 Å². The monoisotopic (exact) mass is 441 g/mol. The van der Waals surface area contributed by atoms with Crippen molar-refractivity contribution in [3.05, 3.63) is 51.5 Å². The van der Waals surface area contributed by atoms with E-state index in [1.165, 1.54) is 18.2 Å². The summed E-state index contributed by atoms with van der Waals surface area (Å²) in [7, 11) is 0. The fraction of sp³-hybridized carbons (Fsp3) is 0.222. The molecule has 26 heavy (non-hydrogen) atoms. The Hall–Kier alpha value is -2.25. The van der Waals surface area contributed by atoms with Crippen LogP contribution in [0.15, 0.2) is 40.9 Å². The average molecular weight is 443 g/mol. The highest BCUT2D eigenvalue weighted by Crippen LogP contribution is 2.28. The van der Waals surface area contributed by atoms with Crippen LogP contribution in [0.2, 0.25) is 5.02 Å².